The Morgan fingerprint density at radius 2 is 1.35 bits per heavy atom. The lowest BCUT2D eigenvalue weighted by atomic mass is 9.56. The van der Waals surface area contributed by atoms with Crippen molar-refractivity contribution in [2.24, 2.45) is 47.3 Å². The number of anilines is 1. The first kappa shape index (κ1) is 35.7. The van der Waals surface area contributed by atoms with Crippen molar-refractivity contribution < 1.29 is 56.8 Å². The first-order valence-electron chi connectivity index (χ1n) is 19.6. The number of hydrogen-bond acceptors (Lipinski definition) is 10. The molecule has 0 aromatic heterocycles. The first-order valence-corrected chi connectivity index (χ1v) is 19.6. The average Bonchev–Trinajstić information content (AvgIpc) is 3.48. The molecule has 4 bridgehead atoms. The third kappa shape index (κ3) is 5.34. The molecule has 17 atom stereocenters. The molecule has 8 heterocycles. The summed E-state index contributed by atoms with van der Waals surface area (Å²) in [5.41, 5.74) is -1.46. The molecule has 1 N–H and O–H groups in total. The molecule has 52 heavy (non-hydrogen) atoms. The van der Waals surface area contributed by atoms with Gasteiger partial charge in [0, 0.05) is 42.9 Å². The summed E-state index contributed by atoms with van der Waals surface area (Å²) < 4.78 is 61.5. The molecule has 11 nitrogen and oxygen atoms in total. The SMILES string of the molecule is C[C@H]1[C@@H]([C@H](C[C@H]2O[C@@H]3O[C@@]4(C)CC[C@H]5[C@H](C)CC[C@@H]([C@H]2C)[C@@]35OO4)OC(=O)Nc2ccc(F)c(F)c2)O[C@@H]2O[C@@]3(C)CC[C@H]4[C@H](C)CC[C@@H]1[C@@]24OO3. The number of hydrogen-bond donors (Lipinski definition) is 1. The molecule has 288 valence electrons. The zero-order chi connectivity index (χ0) is 36.4. The highest BCUT2D eigenvalue weighted by Gasteiger charge is 2.72. The van der Waals surface area contributed by atoms with Gasteiger partial charge in [0.1, 0.15) is 12.2 Å². The van der Waals surface area contributed by atoms with E-state index in [4.69, 9.17) is 43.2 Å². The van der Waals surface area contributed by atoms with Crippen molar-refractivity contribution in [3.8, 4) is 0 Å². The van der Waals surface area contributed by atoms with Crippen molar-refractivity contribution in [3.63, 3.8) is 0 Å². The Morgan fingerprint density at radius 1 is 0.769 bits per heavy atom. The van der Waals surface area contributed by atoms with Crippen LogP contribution in [0.2, 0.25) is 0 Å². The number of carbonyl (C=O) groups is 1. The Kier molecular flexibility index (Phi) is 8.60. The third-order valence-corrected chi connectivity index (χ3v) is 14.8. The van der Waals surface area contributed by atoms with Gasteiger partial charge < -0.3 is 23.7 Å². The maximum atomic E-state index is 14.1. The zero-order valence-electron chi connectivity index (χ0n) is 30.9. The fourth-order valence-corrected chi connectivity index (χ4v) is 11.9. The largest absolute Gasteiger partial charge is 0.443 e. The number of benzene rings is 1. The molecular formula is C39H53F2NO10. The van der Waals surface area contributed by atoms with Gasteiger partial charge >= 0.3 is 6.09 Å². The Hall–Kier alpha value is -1.97. The van der Waals surface area contributed by atoms with Gasteiger partial charge in [-0.25, -0.2) is 33.1 Å². The van der Waals surface area contributed by atoms with Crippen molar-refractivity contribution in [2.75, 3.05) is 5.32 Å². The summed E-state index contributed by atoms with van der Waals surface area (Å²) in [5.74, 6) is -2.84. The molecule has 2 saturated carbocycles. The van der Waals surface area contributed by atoms with E-state index in [2.05, 4.69) is 33.0 Å². The minimum Gasteiger partial charge on any atom is -0.443 e. The lowest BCUT2D eigenvalue weighted by Crippen LogP contribution is -2.72. The van der Waals surface area contributed by atoms with Gasteiger partial charge in [-0.2, -0.15) is 0 Å². The Labute approximate surface area is 303 Å². The van der Waals surface area contributed by atoms with Gasteiger partial charge in [-0.15, -0.1) is 0 Å². The van der Waals surface area contributed by atoms with Crippen molar-refractivity contribution in [1.29, 1.82) is 0 Å². The maximum absolute atomic E-state index is 14.1. The molecule has 1 aromatic carbocycles. The van der Waals surface area contributed by atoms with E-state index in [9.17, 15) is 13.6 Å². The Balaban J connectivity index is 1.05. The van der Waals surface area contributed by atoms with Gasteiger partial charge in [0.05, 0.1) is 6.10 Å². The summed E-state index contributed by atoms with van der Waals surface area (Å²) in [7, 11) is 0. The van der Waals surface area contributed by atoms with Crippen LogP contribution in [-0.2, 0) is 43.2 Å². The first-order chi connectivity index (χ1) is 24.8. The van der Waals surface area contributed by atoms with Crippen molar-refractivity contribution in [1.82, 2.24) is 0 Å². The lowest BCUT2D eigenvalue weighted by Gasteiger charge is -2.62. The highest BCUT2D eigenvalue weighted by molar-refractivity contribution is 5.84. The van der Waals surface area contributed by atoms with Crippen LogP contribution in [0.5, 0.6) is 0 Å². The topological polar surface area (TPSA) is 112 Å². The minimum atomic E-state index is -1.07. The molecule has 13 heteroatoms. The second kappa shape index (κ2) is 12.5. The van der Waals surface area contributed by atoms with E-state index in [0.717, 1.165) is 50.7 Å². The summed E-state index contributed by atoms with van der Waals surface area (Å²) >= 11 is 0. The van der Waals surface area contributed by atoms with E-state index in [-0.39, 0.29) is 41.2 Å². The summed E-state index contributed by atoms with van der Waals surface area (Å²) in [5, 5.41) is 2.61. The van der Waals surface area contributed by atoms with Gasteiger partial charge in [0.15, 0.2) is 35.4 Å². The van der Waals surface area contributed by atoms with Gasteiger partial charge in [0.25, 0.3) is 0 Å². The van der Waals surface area contributed by atoms with E-state index >= 15 is 0 Å². The van der Waals surface area contributed by atoms with Crippen molar-refractivity contribution in [2.45, 2.75) is 153 Å². The molecule has 1 amide bonds. The standard InChI is InChI=1S/C39H53F2NO10/c1-19-7-10-26-21(3)30(44-33-38(26)24(19)13-15-36(5,47-33)49-51-38)18-31(45-35(43)42-23-9-12-28(40)29(41)17-23)32-22(4)27-11-8-20(2)25-14-16-37(6)48-34(46-32)39(25,27)52-50-37/h9,12,17,19-22,24-27,30-34H,7-8,10-11,13-16,18H2,1-6H3,(H,42,43)/t19-,20-,21-,22-,24+,25+,26+,27+,30-,31+,32+,33-,34-,36-,37-,38-,39-/m1/s1. The smallest absolute Gasteiger partial charge is 0.411 e. The molecule has 2 aliphatic carbocycles. The van der Waals surface area contributed by atoms with E-state index in [1.807, 2.05) is 13.8 Å². The summed E-state index contributed by atoms with van der Waals surface area (Å²) in [6.07, 6.45) is 3.34. The highest BCUT2D eigenvalue weighted by Crippen LogP contribution is 2.63. The van der Waals surface area contributed by atoms with Crippen LogP contribution in [-0.4, -0.2) is 59.8 Å². The van der Waals surface area contributed by atoms with Gasteiger partial charge in [-0.3, -0.25) is 5.32 Å². The zero-order valence-corrected chi connectivity index (χ0v) is 30.9. The number of fused-ring (bicyclic) bond motifs is 4. The molecule has 11 rings (SSSR count). The number of carbonyl (C=O) groups excluding carboxylic acids is 1. The molecule has 0 radical (unpaired) electrons. The van der Waals surface area contributed by atoms with Gasteiger partial charge in [-0.1, -0.05) is 27.7 Å². The molecule has 0 unspecified atom stereocenters. The maximum Gasteiger partial charge on any atom is 0.411 e. The van der Waals surface area contributed by atoms with Crippen LogP contribution in [0.3, 0.4) is 0 Å². The van der Waals surface area contributed by atoms with Crippen LogP contribution in [0.1, 0.15) is 99.3 Å². The van der Waals surface area contributed by atoms with Crippen molar-refractivity contribution >= 4 is 11.8 Å². The molecule has 8 saturated heterocycles. The predicted molar refractivity (Wildman–Crippen MR) is 179 cm³/mol. The van der Waals surface area contributed by atoms with Crippen LogP contribution in [0.4, 0.5) is 19.3 Å². The fraction of sp³-hybridized carbons (Fsp3) is 0.821. The lowest BCUT2D eigenvalue weighted by molar-refractivity contribution is -0.573. The second-order valence-electron chi connectivity index (χ2n) is 17.7. The van der Waals surface area contributed by atoms with Gasteiger partial charge in [0.2, 0.25) is 11.6 Å². The van der Waals surface area contributed by atoms with Crippen LogP contribution < -0.4 is 5.32 Å². The molecule has 1 aromatic rings. The van der Waals surface area contributed by atoms with Crippen LogP contribution in [0.15, 0.2) is 18.2 Å². The number of halogens is 2. The van der Waals surface area contributed by atoms with Gasteiger partial charge in [-0.05, 0) is 100 Å². The number of ether oxygens (including phenoxy) is 5. The van der Waals surface area contributed by atoms with Crippen LogP contribution in [0, 0.1) is 59.0 Å². The minimum absolute atomic E-state index is 0.000404. The molecule has 10 aliphatic rings. The normalized spacial score (nSPS) is 51.0. The van der Waals surface area contributed by atoms with E-state index in [1.165, 1.54) is 6.07 Å². The van der Waals surface area contributed by atoms with Crippen LogP contribution >= 0.6 is 0 Å². The van der Waals surface area contributed by atoms with Crippen LogP contribution in [0.25, 0.3) is 0 Å². The molecule has 2 spiro atoms. The third-order valence-electron chi connectivity index (χ3n) is 14.8. The Morgan fingerprint density at radius 3 is 1.94 bits per heavy atom. The Bertz CT molecular complexity index is 1570. The highest BCUT2D eigenvalue weighted by atomic mass is 19.2. The number of rotatable bonds is 5. The monoisotopic (exact) mass is 733 g/mol. The van der Waals surface area contributed by atoms with Crippen molar-refractivity contribution in [3.05, 3.63) is 29.8 Å². The quantitative estimate of drug-likeness (QED) is 0.301. The molecule has 8 aliphatic heterocycles. The fourth-order valence-electron chi connectivity index (χ4n) is 11.9. The summed E-state index contributed by atoms with van der Waals surface area (Å²) in [6, 6.07) is 3.19. The molecular weight excluding hydrogens is 680 g/mol. The number of nitrogens with one attached hydrogen (secondary N) is 1. The van der Waals surface area contributed by atoms with E-state index in [1.54, 1.807) is 0 Å². The molecule has 10 fully saturated rings. The second-order valence-corrected chi connectivity index (χ2v) is 17.7. The predicted octanol–water partition coefficient (Wildman–Crippen LogP) is 7.77. The average molecular weight is 734 g/mol. The van der Waals surface area contributed by atoms with E-state index in [0.29, 0.717) is 31.1 Å². The summed E-state index contributed by atoms with van der Waals surface area (Å²) in [6.45, 7) is 12.7. The van der Waals surface area contributed by atoms with E-state index < -0.39 is 71.4 Å². The number of amides is 1. The summed E-state index contributed by atoms with van der Waals surface area (Å²) in [4.78, 5) is 38.6.